The van der Waals surface area contributed by atoms with Crippen LogP contribution in [0.5, 0.6) is 0 Å². The van der Waals surface area contributed by atoms with Crippen LogP contribution in [-0.2, 0) is 6.42 Å². The smallest absolute Gasteiger partial charge is 0.129 e. The van der Waals surface area contributed by atoms with Crippen LogP contribution in [0.3, 0.4) is 0 Å². The molecule has 0 aliphatic heterocycles. The number of anilines is 1. The lowest BCUT2D eigenvalue weighted by Gasteiger charge is -2.07. The Balaban J connectivity index is 2.15. The second kappa shape index (κ2) is 3.13. The number of aromatic nitrogens is 1. The monoisotopic (exact) mass is 162 g/mol. The van der Waals surface area contributed by atoms with Gasteiger partial charge >= 0.3 is 0 Å². The SMILES string of the molecule is CCc1cccnc1NC1CC1. The Morgan fingerprint density at radius 2 is 2.42 bits per heavy atom. The third-order valence-corrected chi connectivity index (χ3v) is 2.19. The Bertz CT molecular complexity index is 266. The average Bonchev–Trinajstić information content (AvgIpc) is 2.89. The maximum Gasteiger partial charge on any atom is 0.129 e. The number of pyridine rings is 1. The molecule has 12 heavy (non-hydrogen) atoms. The quantitative estimate of drug-likeness (QED) is 0.737. The van der Waals surface area contributed by atoms with Crippen LogP contribution in [0, 0.1) is 0 Å². The molecule has 0 saturated heterocycles. The summed E-state index contributed by atoms with van der Waals surface area (Å²) in [4.78, 5) is 4.32. The van der Waals surface area contributed by atoms with E-state index in [1.807, 2.05) is 12.3 Å². The van der Waals surface area contributed by atoms with Crippen molar-refractivity contribution in [2.24, 2.45) is 0 Å². The van der Waals surface area contributed by atoms with Crippen LogP contribution >= 0.6 is 0 Å². The summed E-state index contributed by atoms with van der Waals surface area (Å²) in [5, 5.41) is 3.42. The van der Waals surface area contributed by atoms with Gasteiger partial charge in [-0.05, 0) is 30.9 Å². The number of nitrogens with one attached hydrogen (secondary N) is 1. The first-order valence-electron chi connectivity index (χ1n) is 4.60. The molecule has 1 aliphatic carbocycles. The summed E-state index contributed by atoms with van der Waals surface area (Å²) in [6.07, 6.45) is 5.52. The van der Waals surface area contributed by atoms with E-state index in [0.717, 1.165) is 12.2 Å². The van der Waals surface area contributed by atoms with E-state index in [1.165, 1.54) is 18.4 Å². The third kappa shape index (κ3) is 1.58. The summed E-state index contributed by atoms with van der Waals surface area (Å²) in [6, 6.07) is 4.83. The van der Waals surface area contributed by atoms with Gasteiger partial charge in [0, 0.05) is 12.2 Å². The number of rotatable bonds is 3. The van der Waals surface area contributed by atoms with Crippen molar-refractivity contribution >= 4 is 5.82 Å². The van der Waals surface area contributed by atoms with E-state index >= 15 is 0 Å². The van der Waals surface area contributed by atoms with Crippen LogP contribution in [0.4, 0.5) is 5.82 Å². The van der Waals surface area contributed by atoms with Gasteiger partial charge in [0.05, 0.1) is 0 Å². The van der Waals surface area contributed by atoms with E-state index < -0.39 is 0 Å². The molecule has 2 rings (SSSR count). The zero-order valence-electron chi connectivity index (χ0n) is 7.38. The van der Waals surface area contributed by atoms with Crippen LogP contribution in [0.2, 0.25) is 0 Å². The highest BCUT2D eigenvalue weighted by atomic mass is 15.0. The molecular weight excluding hydrogens is 148 g/mol. The zero-order chi connectivity index (χ0) is 8.39. The minimum atomic E-state index is 0.699. The Labute approximate surface area is 73.0 Å². The standard InChI is InChI=1S/C10H14N2/c1-2-8-4-3-7-11-10(8)12-9-5-6-9/h3-4,7,9H,2,5-6H2,1H3,(H,11,12). The molecule has 0 bridgehead atoms. The molecule has 1 aromatic heterocycles. The molecule has 0 atom stereocenters. The van der Waals surface area contributed by atoms with Crippen molar-refractivity contribution in [3.8, 4) is 0 Å². The van der Waals surface area contributed by atoms with E-state index in [-0.39, 0.29) is 0 Å². The summed E-state index contributed by atoms with van der Waals surface area (Å²) in [6.45, 7) is 2.16. The molecule has 2 heteroatoms. The van der Waals surface area contributed by atoms with E-state index in [0.29, 0.717) is 6.04 Å². The number of hydrogen-bond donors (Lipinski definition) is 1. The molecule has 1 N–H and O–H groups in total. The van der Waals surface area contributed by atoms with Gasteiger partial charge in [0.15, 0.2) is 0 Å². The molecule has 1 saturated carbocycles. The van der Waals surface area contributed by atoms with Crippen molar-refractivity contribution in [1.29, 1.82) is 0 Å². The molecule has 0 amide bonds. The number of aryl methyl sites for hydroxylation is 1. The number of hydrogen-bond acceptors (Lipinski definition) is 2. The highest BCUT2D eigenvalue weighted by molar-refractivity contribution is 5.45. The van der Waals surface area contributed by atoms with Crippen LogP contribution < -0.4 is 5.32 Å². The Morgan fingerprint density at radius 3 is 3.08 bits per heavy atom. The zero-order valence-corrected chi connectivity index (χ0v) is 7.38. The van der Waals surface area contributed by atoms with E-state index in [2.05, 4.69) is 23.3 Å². The first-order valence-corrected chi connectivity index (χ1v) is 4.60. The Morgan fingerprint density at radius 1 is 1.58 bits per heavy atom. The van der Waals surface area contributed by atoms with E-state index in [4.69, 9.17) is 0 Å². The second-order valence-corrected chi connectivity index (χ2v) is 3.28. The molecule has 1 aliphatic rings. The predicted molar refractivity (Wildman–Crippen MR) is 50.3 cm³/mol. The summed E-state index contributed by atoms with van der Waals surface area (Å²) in [5.74, 6) is 1.09. The van der Waals surface area contributed by atoms with Crippen molar-refractivity contribution in [2.75, 3.05) is 5.32 Å². The second-order valence-electron chi connectivity index (χ2n) is 3.28. The van der Waals surface area contributed by atoms with Gasteiger partial charge in [-0.15, -0.1) is 0 Å². The van der Waals surface area contributed by atoms with Gasteiger partial charge in [-0.3, -0.25) is 0 Å². The fraction of sp³-hybridized carbons (Fsp3) is 0.500. The van der Waals surface area contributed by atoms with Gasteiger partial charge in [0.2, 0.25) is 0 Å². The van der Waals surface area contributed by atoms with Crippen molar-refractivity contribution in [1.82, 2.24) is 4.98 Å². The van der Waals surface area contributed by atoms with Gasteiger partial charge < -0.3 is 5.32 Å². The van der Waals surface area contributed by atoms with Crippen LogP contribution in [0.1, 0.15) is 25.3 Å². The van der Waals surface area contributed by atoms with Gasteiger partial charge in [0.1, 0.15) is 5.82 Å². The lowest BCUT2D eigenvalue weighted by molar-refractivity contribution is 1.05. The molecule has 1 heterocycles. The molecule has 1 aromatic rings. The maximum atomic E-state index is 4.32. The topological polar surface area (TPSA) is 24.9 Å². The highest BCUT2D eigenvalue weighted by Gasteiger charge is 2.21. The minimum Gasteiger partial charge on any atom is -0.367 e. The summed E-state index contributed by atoms with van der Waals surface area (Å²) in [7, 11) is 0. The fourth-order valence-electron chi connectivity index (χ4n) is 1.27. The van der Waals surface area contributed by atoms with Crippen molar-refractivity contribution in [3.05, 3.63) is 23.9 Å². The van der Waals surface area contributed by atoms with Gasteiger partial charge in [0.25, 0.3) is 0 Å². The molecule has 2 nitrogen and oxygen atoms in total. The maximum absolute atomic E-state index is 4.32. The number of nitrogens with zero attached hydrogens (tertiary/aromatic N) is 1. The minimum absolute atomic E-state index is 0.699. The molecule has 1 fully saturated rings. The van der Waals surface area contributed by atoms with E-state index in [1.54, 1.807) is 0 Å². The van der Waals surface area contributed by atoms with Crippen molar-refractivity contribution < 1.29 is 0 Å². The van der Waals surface area contributed by atoms with Crippen LogP contribution in [-0.4, -0.2) is 11.0 Å². The fourth-order valence-corrected chi connectivity index (χ4v) is 1.27. The molecule has 0 spiro atoms. The van der Waals surface area contributed by atoms with Gasteiger partial charge in [-0.2, -0.15) is 0 Å². The van der Waals surface area contributed by atoms with E-state index in [9.17, 15) is 0 Å². The molecule has 0 unspecified atom stereocenters. The molecule has 64 valence electrons. The third-order valence-electron chi connectivity index (χ3n) is 2.19. The summed E-state index contributed by atoms with van der Waals surface area (Å²) >= 11 is 0. The van der Waals surface area contributed by atoms with Gasteiger partial charge in [-0.1, -0.05) is 13.0 Å². The first-order chi connectivity index (χ1) is 5.90. The largest absolute Gasteiger partial charge is 0.367 e. The molecular formula is C10H14N2. The predicted octanol–water partition coefficient (Wildman–Crippen LogP) is 2.22. The Kier molecular flexibility index (Phi) is 1.98. The Hall–Kier alpha value is -1.05. The first kappa shape index (κ1) is 7.59. The van der Waals surface area contributed by atoms with Crippen molar-refractivity contribution in [2.45, 2.75) is 32.2 Å². The van der Waals surface area contributed by atoms with Gasteiger partial charge in [-0.25, -0.2) is 4.98 Å². The van der Waals surface area contributed by atoms with Crippen LogP contribution in [0.15, 0.2) is 18.3 Å². The van der Waals surface area contributed by atoms with Crippen molar-refractivity contribution in [3.63, 3.8) is 0 Å². The lowest BCUT2D eigenvalue weighted by Crippen LogP contribution is -2.05. The average molecular weight is 162 g/mol. The highest BCUT2D eigenvalue weighted by Crippen LogP contribution is 2.25. The molecule has 0 radical (unpaired) electrons. The lowest BCUT2D eigenvalue weighted by atomic mass is 10.2. The summed E-state index contributed by atoms with van der Waals surface area (Å²) in [5.41, 5.74) is 1.32. The summed E-state index contributed by atoms with van der Waals surface area (Å²) < 4.78 is 0. The molecule has 0 aromatic carbocycles. The van der Waals surface area contributed by atoms with Crippen LogP contribution in [0.25, 0.3) is 0 Å². The normalized spacial score (nSPS) is 16.1.